The van der Waals surface area contributed by atoms with Crippen LogP contribution in [0.15, 0.2) is 9.98 Å². The lowest BCUT2D eigenvalue weighted by Gasteiger charge is -1.95. The van der Waals surface area contributed by atoms with Crippen LogP contribution >= 0.6 is 0 Å². The number of rotatable bonds is 17. The molecule has 0 aliphatic rings. The summed E-state index contributed by atoms with van der Waals surface area (Å²) in [6.45, 7) is 10.2. The summed E-state index contributed by atoms with van der Waals surface area (Å²) in [5.41, 5.74) is 0. The Labute approximate surface area is 175 Å². The Balaban J connectivity index is -0.000000351. The molecular formula is C24H48N2O2. The van der Waals surface area contributed by atoms with E-state index in [-0.39, 0.29) is 0 Å². The van der Waals surface area contributed by atoms with Crippen LogP contribution in [0.1, 0.15) is 130 Å². The highest BCUT2D eigenvalue weighted by Crippen LogP contribution is 2.05. The second kappa shape index (κ2) is 36.6. The van der Waals surface area contributed by atoms with Gasteiger partial charge in [-0.05, 0) is 12.8 Å². The third kappa shape index (κ3) is 44.3. The summed E-state index contributed by atoms with van der Waals surface area (Å²) in [7, 11) is 0. The van der Waals surface area contributed by atoms with E-state index < -0.39 is 0 Å². The van der Waals surface area contributed by atoms with E-state index in [1.165, 1.54) is 89.9 Å². The van der Waals surface area contributed by atoms with E-state index in [1.807, 2.05) is 0 Å². The van der Waals surface area contributed by atoms with Crippen molar-refractivity contribution < 1.29 is 9.59 Å². The molecule has 0 aromatic rings. The molecule has 0 bridgehead atoms. The standard InChI is InChI=1S/2C9H17NO.C6H14/c2*1-2-3-4-5-6-7-8-10-9-11;1-3-5-6-4-2/h2*2-8H2,1H3;3-6H2,1-2H3. The van der Waals surface area contributed by atoms with Gasteiger partial charge in [0.15, 0.2) is 0 Å². The summed E-state index contributed by atoms with van der Waals surface area (Å²) in [4.78, 5) is 26.3. The predicted octanol–water partition coefficient (Wildman–Crippen LogP) is 7.95. The molecule has 0 atom stereocenters. The maximum Gasteiger partial charge on any atom is 0.234 e. The van der Waals surface area contributed by atoms with Gasteiger partial charge in [-0.25, -0.2) is 19.6 Å². The van der Waals surface area contributed by atoms with Crippen LogP contribution in [0.5, 0.6) is 0 Å². The molecule has 0 aliphatic heterocycles. The van der Waals surface area contributed by atoms with Crippen LogP contribution in [0.3, 0.4) is 0 Å². The fraction of sp³-hybridized carbons (Fsp3) is 0.917. The van der Waals surface area contributed by atoms with Gasteiger partial charge < -0.3 is 0 Å². The molecule has 4 nitrogen and oxygen atoms in total. The number of hydrogen-bond donors (Lipinski definition) is 0. The molecule has 0 amide bonds. The molecule has 0 heterocycles. The zero-order chi connectivity index (χ0) is 21.6. The van der Waals surface area contributed by atoms with Crippen LogP contribution in [0.25, 0.3) is 0 Å². The van der Waals surface area contributed by atoms with Gasteiger partial charge in [-0.1, -0.05) is 118 Å². The lowest BCUT2D eigenvalue weighted by Crippen LogP contribution is -1.81. The molecule has 0 rings (SSSR count). The molecule has 28 heavy (non-hydrogen) atoms. The molecule has 0 aliphatic carbocycles. The van der Waals surface area contributed by atoms with Gasteiger partial charge >= 0.3 is 0 Å². The highest BCUT2D eigenvalue weighted by molar-refractivity contribution is 5.32. The summed E-state index contributed by atoms with van der Waals surface area (Å²) in [6.07, 6.45) is 23.5. The van der Waals surface area contributed by atoms with Gasteiger partial charge in [0.25, 0.3) is 0 Å². The minimum Gasteiger partial charge on any atom is -0.211 e. The summed E-state index contributed by atoms with van der Waals surface area (Å²) < 4.78 is 0. The Morgan fingerprint density at radius 3 is 0.964 bits per heavy atom. The van der Waals surface area contributed by atoms with Crippen molar-refractivity contribution in [3.63, 3.8) is 0 Å². The molecule has 166 valence electrons. The second-order valence-electron chi connectivity index (χ2n) is 7.19. The highest BCUT2D eigenvalue weighted by atomic mass is 16.1. The van der Waals surface area contributed by atoms with E-state index in [2.05, 4.69) is 37.7 Å². The van der Waals surface area contributed by atoms with Crippen LogP contribution in [0.4, 0.5) is 0 Å². The van der Waals surface area contributed by atoms with Crippen LogP contribution in [0, 0.1) is 0 Å². The number of unbranched alkanes of at least 4 members (excludes halogenated alkanes) is 13. The first-order chi connectivity index (χ1) is 13.7. The average Bonchev–Trinajstić information content (AvgIpc) is 2.72. The Bertz CT molecular complexity index is 313. The van der Waals surface area contributed by atoms with Crippen molar-refractivity contribution in [2.45, 2.75) is 130 Å². The fourth-order valence-electron chi connectivity index (χ4n) is 2.53. The zero-order valence-electron chi connectivity index (χ0n) is 19.4. The first-order valence-corrected chi connectivity index (χ1v) is 11.8. The minimum absolute atomic E-state index is 0.662. The second-order valence-corrected chi connectivity index (χ2v) is 7.19. The fourth-order valence-corrected chi connectivity index (χ4v) is 2.53. The van der Waals surface area contributed by atoms with Crippen molar-refractivity contribution in [1.82, 2.24) is 0 Å². The quantitative estimate of drug-likeness (QED) is 0.142. The lowest BCUT2D eigenvalue weighted by molar-refractivity contribution is 0.559. The number of carbonyl (C=O) groups excluding carboxylic acids is 2. The van der Waals surface area contributed by atoms with E-state index in [9.17, 15) is 9.59 Å². The first kappa shape index (κ1) is 31.5. The molecule has 0 fully saturated rings. The molecule has 0 saturated carbocycles. The SMILES string of the molecule is CCCCCC.CCCCCCCCN=C=O.CCCCCCCCN=C=O. The lowest BCUT2D eigenvalue weighted by atomic mass is 10.1. The first-order valence-electron chi connectivity index (χ1n) is 11.8. The van der Waals surface area contributed by atoms with Crippen molar-refractivity contribution in [3.05, 3.63) is 0 Å². The molecule has 0 saturated heterocycles. The molecule has 0 N–H and O–H groups in total. The number of isocyanates is 2. The summed E-state index contributed by atoms with van der Waals surface area (Å²) >= 11 is 0. The number of aliphatic imine (C=N–C) groups is 2. The third-order valence-electron chi connectivity index (χ3n) is 4.33. The number of hydrogen-bond acceptors (Lipinski definition) is 4. The van der Waals surface area contributed by atoms with E-state index in [0.29, 0.717) is 13.1 Å². The van der Waals surface area contributed by atoms with Crippen LogP contribution in [-0.2, 0) is 9.59 Å². The molecule has 0 unspecified atom stereocenters. The van der Waals surface area contributed by atoms with E-state index in [1.54, 1.807) is 12.2 Å². The molecule has 0 spiro atoms. The normalized spacial score (nSPS) is 9.14. The third-order valence-corrected chi connectivity index (χ3v) is 4.33. The minimum atomic E-state index is 0.662. The molecular weight excluding hydrogens is 348 g/mol. The Morgan fingerprint density at radius 1 is 0.429 bits per heavy atom. The van der Waals surface area contributed by atoms with E-state index >= 15 is 0 Å². The smallest absolute Gasteiger partial charge is 0.211 e. The molecule has 4 heteroatoms. The Kier molecular flexibility index (Phi) is 41.2. The maximum atomic E-state index is 9.65. The van der Waals surface area contributed by atoms with Gasteiger partial charge in [0.05, 0.1) is 13.1 Å². The van der Waals surface area contributed by atoms with Crippen molar-refractivity contribution in [3.8, 4) is 0 Å². The van der Waals surface area contributed by atoms with Crippen molar-refractivity contribution in [1.29, 1.82) is 0 Å². The highest BCUT2D eigenvalue weighted by Gasteiger charge is 1.88. The van der Waals surface area contributed by atoms with Crippen LogP contribution in [-0.4, -0.2) is 25.2 Å². The average molecular weight is 397 g/mol. The van der Waals surface area contributed by atoms with Crippen LogP contribution < -0.4 is 0 Å². The van der Waals surface area contributed by atoms with E-state index in [4.69, 9.17) is 0 Å². The summed E-state index contributed by atoms with van der Waals surface area (Å²) in [6, 6.07) is 0. The summed E-state index contributed by atoms with van der Waals surface area (Å²) in [5, 5.41) is 0. The van der Waals surface area contributed by atoms with Crippen molar-refractivity contribution in [2.24, 2.45) is 9.98 Å². The van der Waals surface area contributed by atoms with Gasteiger partial charge in [0, 0.05) is 0 Å². The van der Waals surface area contributed by atoms with Crippen LogP contribution in [0.2, 0.25) is 0 Å². The predicted molar refractivity (Wildman–Crippen MR) is 123 cm³/mol. The largest absolute Gasteiger partial charge is 0.234 e. The van der Waals surface area contributed by atoms with Gasteiger partial charge in [-0.2, -0.15) is 0 Å². The van der Waals surface area contributed by atoms with E-state index in [0.717, 1.165) is 12.8 Å². The van der Waals surface area contributed by atoms with Gasteiger partial charge in [0.2, 0.25) is 12.2 Å². The molecule has 0 aromatic heterocycles. The topological polar surface area (TPSA) is 58.9 Å². The van der Waals surface area contributed by atoms with Crippen molar-refractivity contribution >= 4 is 12.2 Å². The molecule has 0 radical (unpaired) electrons. The van der Waals surface area contributed by atoms with Gasteiger partial charge in [-0.15, -0.1) is 0 Å². The monoisotopic (exact) mass is 396 g/mol. The van der Waals surface area contributed by atoms with Gasteiger partial charge in [-0.3, -0.25) is 0 Å². The Hall–Kier alpha value is -1.24. The zero-order valence-corrected chi connectivity index (χ0v) is 19.4. The summed E-state index contributed by atoms with van der Waals surface area (Å²) in [5.74, 6) is 0. The van der Waals surface area contributed by atoms with Crippen molar-refractivity contribution in [2.75, 3.05) is 13.1 Å². The maximum absolute atomic E-state index is 9.65. The Morgan fingerprint density at radius 2 is 0.679 bits per heavy atom. The number of nitrogens with zero attached hydrogens (tertiary/aromatic N) is 2. The van der Waals surface area contributed by atoms with Gasteiger partial charge in [0.1, 0.15) is 0 Å². The molecule has 0 aromatic carbocycles.